The van der Waals surface area contributed by atoms with Gasteiger partial charge < -0.3 is 24.4 Å². The lowest BCUT2D eigenvalue weighted by atomic mass is 9.95. The molecule has 10 nitrogen and oxygen atoms in total. The number of carbonyl (C=O) groups is 2. The number of carbonyl (C=O) groups excluding carboxylic acids is 2. The van der Waals surface area contributed by atoms with E-state index in [0.717, 1.165) is 0 Å². The molecule has 1 aliphatic heterocycles. The van der Waals surface area contributed by atoms with Crippen LogP contribution in [-0.4, -0.2) is 65.0 Å². The molecular formula is C23H29N5O5. The molecule has 176 valence electrons. The maximum absolute atomic E-state index is 12.9. The summed E-state index contributed by atoms with van der Waals surface area (Å²) >= 11 is 0. The number of fused-ring (bicyclic) bond motifs is 1. The van der Waals surface area contributed by atoms with Crippen LogP contribution in [0.2, 0.25) is 0 Å². The number of allylic oxidation sites excluding steroid dienone is 1. The first kappa shape index (κ1) is 23.8. The summed E-state index contributed by atoms with van der Waals surface area (Å²) in [5, 5.41) is 7.38. The van der Waals surface area contributed by atoms with Gasteiger partial charge in [-0.2, -0.15) is 10.1 Å². The Morgan fingerprint density at radius 1 is 1.27 bits per heavy atom. The topological polar surface area (TPSA) is 108 Å². The number of rotatable bonds is 10. The van der Waals surface area contributed by atoms with Gasteiger partial charge in [0.1, 0.15) is 19.0 Å². The van der Waals surface area contributed by atoms with Gasteiger partial charge in [0.05, 0.1) is 12.7 Å². The molecule has 1 atom stereocenters. The van der Waals surface area contributed by atoms with E-state index in [2.05, 4.69) is 22.0 Å². The Labute approximate surface area is 192 Å². The predicted molar refractivity (Wildman–Crippen MR) is 122 cm³/mol. The zero-order chi connectivity index (χ0) is 24.0. The summed E-state index contributed by atoms with van der Waals surface area (Å²) in [4.78, 5) is 31.1. The van der Waals surface area contributed by atoms with E-state index in [1.54, 1.807) is 34.7 Å². The van der Waals surface area contributed by atoms with Gasteiger partial charge in [-0.15, -0.1) is 0 Å². The molecule has 0 bridgehead atoms. The quantitative estimate of drug-likeness (QED) is 0.430. The van der Waals surface area contributed by atoms with Gasteiger partial charge in [-0.25, -0.2) is 9.48 Å². The molecule has 0 saturated carbocycles. The van der Waals surface area contributed by atoms with Crippen molar-refractivity contribution < 1.29 is 23.8 Å². The van der Waals surface area contributed by atoms with Gasteiger partial charge in [0.25, 0.3) is 5.91 Å². The highest BCUT2D eigenvalue weighted by Crippen LogP contribution is 2.38. The Hall–Kier alpha value is -3.82. The molecule has 10 heteroatoms. The number of amides is 1. The van der Waals surface area contributed by atoms with Crippen LogP contribution in [0.3, 0.4) is 0 Å². The Bertz CT molecular complexity index is 1060. The lowest BCUT2D eigenvalue weighted by Gasteiger charge is -2.28. The van der Waals surface area contributed by atoms with Gasteiger partial charge in [-0.3, -0.25) is 4.79 Å². The molecular weight excluding hydrogens is 426 g/mol. The standard InChI is InChI=1S/C23H29N5O5/c1-6-11-32-22(30)20-15(4)26-23-24-14-25-28(23)21(20)16-9-10-17(18(12-16)31-5)33-13-19(29)27(7-2)8-3/h6,9-10,12,14,21H,1,7-8,11,13H2,2-5H3,(H,24,25,26). The van der Waals surface area contributed by atoms with Crippen LogP contribution in [-0.2, 0) is 14.3 Å². The number of hydrogen-bond acceptors (Lipinski definition) is 8. The molecule has 2 heterocycles. The first-order valence-corrected chi connectivity index (χ1v) is 10.7. The molecule has 1 unspecified atom stereocenters. The molecule has 0 spiro atoms. The average Bonchev–Trinajstić information content (AvgIpc) is 3.29. The minimum Gasteiger partial charge on any atom is -0.493 e. The highest BCUT2D eigenvalue weighted by atomic mass is 16.5. The largest absolute Gasteiger partial charge is 0.493 e. The highest BCUT2D eigenvalue weighted by molar-refractivity contribution is 5.92. The van der Waals surface area contributed by atoms with Crippen molar-refractivity contribution in [3.63, 3.8) is 0 Å². The maximum Gasteiger partial charge on any atom is 0.338 e. The van der Waals surface area contributed by atoms with Gasteiger partial charge in [0, 0.05) is 18.8 Å². The first-order valence-electron chi connectivity index (χ1n) is 10.7. The summed E-state index contributed by atoms with van der Waals surface area (Å²) in [7, 11) is 1.52. The third kappa shape index (κ3) is 5.00. The minimum atomic E-state index is -0.596. The SMILES string of the molecule is C=CCOC(=O)C1=C(C)Nc2ncnn2C1c1ccc(OCC(=O)N(CC)CC)c(OC)c1. The lowest BCUT2D eigenvalue weighted by Crippen LogP contribution is -2.34. The molecule has 2 aromatic rings. The third-order valence-electron chi connectivity index (χ3n) is 5.32. The van der Waals surface area contributed by atoms with Crippen molar-refractivity contribution in [1.82, 2.24) is 19.7 Å². The predicted octanol–water partition coefficient (Wildman–Crippen LogP) is 2.55. The number of aromatic nitrogens is 3. The fourth-order valence-corrected chi connectivity index (χ4v) is 3.66. The summed E-state index contributed by atoms with van der Waals surface area (Å²) < 4.78 is 18.2. The van der Waals surface area contributed by atoms with Gasteiger partial charge in [0.15, 0.2) is 18.1 Å². The van der Waals surface area contributed by atoms with Crippen LogP contribution >= 0.6 is 0 Å². The smallest absolute Gasteiger partial charge is 0.338 e. The Morgan fingerprint density at radius 3 is 2.70 bits per heavy atom. The van der Waals surface area contributed by atoms with E-state index in [4.69, 9.17) is 14.2 Å². The molecule has 1 aromatic heterocycles. The van der Waals surface area contributed by atoms with Gasteiger partial charge in [-0.05, 0) is 38.5 Å². The minimum absolute atomic E-state index is 0.0865. The zero-order valence-corrected chi connectivity index (χ0v) is 19.3. The number of anilines is 1. The number of likely N-dealkylation sites (N-methyl/N-ethyl adjacent to an activating group) is 1. The maximum atomic E-state index is 12.9. The molecule has 1 N–H and O–H groups in total. The highest BCUT2D eigenvalue weighted by Gasteiger charge is 2.34. The normalized spacial score (nSPS) is 14.7. The molecule has 3 rings (SSSR count). The fraction of sp³-hybridized carbons (Fsp3) is 0.391. The van der Waals surface area contributed by atoms with Crippen molar-refractivity contribution in [2.24, 2.45) is 0 Å². The summed E-state index contributed by atoms with van der Waals surface area (Å²) in [6.45, 7) is 10.4. The van der Waals surface area contributed by atoms with E-state index in [9.17, 15) is 9.59 Å². The molecule has 0 saturated heterocycles. The summed E-state index contributed by atoms with van der Waals surface area (Å²) in [5.74, 6) is 0.752. The molecule has 1 aromatic carbocycles. The summed E-state index contributed by atoms with van der Waals surface area (Å²) in [6.07, 6.45) is 2.92. The van der Waals surface area contributed by atoms with Crippen molar-refractivity contribution in [1.29, 1.82) is 0 Å². The average molecular weight is 456 g/mol. The van der Waals surface area contributed by atoms with Crippen LogP contribution in [0.5, 0.6) is 11.5 Å². The molecule has 0 radical (unpaired) electrons. The number of nitrogens with zero attached hydrogens (tertiary/aromatic N) is 4. The van der Waals surface area contributed by atoms with Crippen LogP contribution in [0, 0.1) is 0 Å². The molecule has 33 heavy (non-hydrogen) atoms. The molecule has 1 amide bonds. The van der Waals surface area contributed by atoms with E-state index in [0.29, 0.717) is 47.4 Å². The zero-order valence-electron chi connectivity index (χ0n) is 19.3. The number of hydrogen-bond donors (Lipinski definition) is 1. The van der Waals surface area contributed by atoms with Crippen molar-refractivity contribution in [2.75, 3.05) is 38.7 Å². The fourth-order valence-electron chi connectivity index (χ4n) is 3.66. The lowest BCUT2D eigenvalue weighted by molar-refractivity contribution is -0.138. The summed E-state index contributed by atoms with van der Waals surface area (Å²) in [5.41, 5.74) is 1.72. The second-order valence-corrected chi connectivity index (χ2v) is 7.25. The van der Waals surface area contributed by atoms with Crippen LogP contribution in [0.25, 0.3) is 0 Å². The number of methoxy groups -OCH3 is 1. The van der Waals surface area contributed by atoms with E-state index in [1.807, 2.05) is 13.8 Å². The van der Waals surface area contributed by atoms with E-state index in [1.165, 1.54) is 19.5 Å². The second-order valence-electron chi connectivity index (χ2n) is 7.25. The number of esters is 1. The van der Waals surface area contributed by atoms with Crippen molar-refractivity contribution in [3.8, 4) is 11.5 Å². The molecule has 0 fully saturated rings. The number of nitrogens with one attached hydrogen (secondary N) is 1. The van der Waals surface area contributed by atoms with Crippen LogP contribution in [0.4, 0.5) is 5.95 Å². The van der Waals surface area contributed by atoms with Gasteiger partial charge >= 0.3 is 5.97 Å². The number of ether oxygens (including phenoxy) is 3. The molecule has 0 aliphatic carbocycles. The number of benzene rings is 1. The first-order chi connectivity index (χ1) is 15.9. The van der Waals surface area contributed by atoms with E-state index in [-0.39, 0.29) is 19.1 Å². The Balaban J connectivity index is 1.94. The van der Waals surface area contributed by atoms with E-state index < -0.39 is 12.0 Å². The van der Waals surface area contributed by atoms with E-state index >= 15 is 0 Å². The van der Waals surface area contributed by atoms with Gasteiger partial charge in [-0.1, -0.05) is 18.7 Å². The van der Waals surface area contributed by atoms with Crippen molar-refractivity contribution in [2.45, 2.75) is 26.8 Å². The third-order valence-corrected chi connectivity index (χ3v) is 5.32. The van der Waals surface area contributed by atoms with Gasteiger partial charge in [0.2, 0.25) is 5.95 Å². The Morgan fingerprint density at radius 2 is 2.03 bits per heavy atom. The van der Waals surface area contributed by atoms with Crippen molar-refractivity contribution >= 4 is 17.8 Å². The monoisotopic (exact) mass is 455 g/mol. The Kier molecular flexibility index (Phi) is 7.70. The summed E-state index contributed by atoms with van der Waals surface area (Å²) in [6, 6.07) is 4.67. The van der Waals surface area contributed by atoms with Crippen LogP contribution < -0.4 is 14.8 Å². The molecule has 1 aliphatic rings. The van der Waals surface area contributed by atoms with Crippen LogP contribution in [0.1, 0.15) is 32.4 Å². The van der Waals surface area contributed by atoms with Crippen molar-refractivity contribution in [3.05, 3.63) is 54.0 Å². The van der Waals surface area contributed by atoms with Crippen LogP contribution in [0.15, 0.2) is 48.5 Å². The second kappa shape index (κ2) is 10.7.